The van der Waals surface area contributed by atoms with Gasteiger partial charge in [-0.2, -0.15) is 0 Å². The van der Waals surface area contributed by atoms with Gasteiger partial charge in [-0.15, -0.1) is 0 Å². The Morgan fingerprint density at radius 2 is 2.03 bits per heavy atom. The van der Waals surface area contributed by atoms with Crippen molar-refractivity contribution in [3.63, 3.8) is 0 Å². The highest BCUT2D eigenvalue weighted by molar-refractivity contribution is 6.05. The molecule has 8 nitrogen and oxygen atoms in total. The second-order valence-corrected chi connectivity index (χ2v) is 8.36. The maximum Gasteiger partial charge on any atom is 0.255 e. The third-order valence-electron chi connectivity index (χ3n) is 6.06. The van der Waals surface area contributed by atoms with Crippen LogP contribution in [0.4, 0.5) is 4.39 Å². The molecule has 0 radical (unpaired) electrons. The molecule has 3 amide bonds. The Bertz CT molecular complexity index is 1270. The summed E-state index contributed by atoms with van der Waals surface area (Å²) in [5.41, 5.74) is 0.972. The SMILES string of the molecule is [2H]C1(N2C(=O)c3cccc(OCc4cc(CN5CCOCC5)ccc4F)c3C2([2H])[2H])CCC(=O)NC1=O. The fraction of sp³-hybridized carbons (Fsp3) is 0.400. The summed E-state index contributed by atoms with van der Waals surface area (Å²) in [4.78, 5) is 40.1. The van der Waals surface area contributed by atoms with Crippen LogP contribution in [0.3, 0.4) is 0 Å². The molecule has 0 bridgehead atoms. The highest BCUT2D eigenvalue weighted by atomic mass is 19.1. The van der Waals surface area contributed by atoms with Crippen molar-refractivity contribution >= 4 is 17.7 Å². The summed E-state index contributed by atoms with van der Waals surface area (Å²) in [5.74, 6) is -2.97. The third-order valence-corrected chi connectivity index (χ3v) is 6.06. The fourth-order valence-electron chi connectivity index (χ4n) is 4.25. The molecule has 3 aliphatic rings. The molecule has 178 valence electrons. The minimum atomic E-state index is -2.58. The van der Waals surface area contributed by atoms with Gasteiger partial charge >= 0.3 is 0 Å². The lowest BCUT2D eigenvalue weighted by Gasteiger charge is -2.29. The average Bonchev–Trinajstić information content (AvgIpc) is 3.08. The monoisotopic (exact) mass is 470 g/mol. The van der Waals surface area contributed by atoms with E-state index in [4.69, 9.17) is 13.6 Å². The number of imide groups is 1. The molecule has 2 saturated heterocycles. The van der Waals surface area contributed by atoms with Gasteiger partial charge in [0.1, 0.15) is 24.2 Å². The number of halogens is 1. The van der Waals surface area contributed by atoms with E-state index in [-0.39, 0.29) is 41.9 Å². The van der Waals surface area contributed by atoms with Crippen molar-refractivity contribution in [2.24, 2.45) is 0 Å². The van der Waals surface area contributed by atoms with Gasteiger partial charge in [0.15, 0.2) is 0 Å². The van der Waals surface area contributed by atoms with E-state index >= 15 is 0 Å². The van der Waals surface area contributed by atoms with Gasteiger partial charge in [-0.3, -0.25) is 24.6 Å². The Hall–Kier alpha value is -3.30. The number of nitrogens with one attached hydrogen (secondary N) is 1. The van der Waals surface area contributed by atoms with E-state index in [0.29, 0.717) is 24.7 Å². The molecule has 2 fully saturated rings. The molecule has 2 aromatic carbocycles. The standard InChI is InChI=1S/C25H26FN3O5/c26-20-5-4-16(13-28-8-10-33-11-9-28)12-17(20)15-34-22-3-1-2-18-19(22)14-29(25(18)32)21-6-7-23(30)27-24(21)31/h1-5,12,21H,6-11,13-15H2,(H,27,30,31)/i14D2,21D. The highest BCUT2D eigenvalue weighted by Gasteiger charge is 2.40. The molecule has 1 unspecified atom stereocenters. The number of amides is 3. The van der Waals surface area contributed by atoms with E-state index in [9.17, 15) is 18.8 Å². The van der Waals surface area contributed by atoms with Gasteiger partial charge < -0.3 is 14.4 Å². The Kier molecular flexibility index (Phi) is 5.33. The molecule has 0 aliphatic carbocycles. The molecule has 1 N–H and O–H groups in total. The van der Waals surface area contributed by atoms with E-state index in [0.717, 1.165) is 18.7 Å². The first-order valence-electron chi connectivity index (χ1n) is 12.6. The summed E-state index contributed by atoms with van der Waals surface area (Å²) >= 11 is 0. The summed E-state index contributed by atoms with van der Waals surface area (Å²) in [6, 6.07) is 6.80. The summed E-state index contributed by atoms with van der Waals surface area (Å²) in [7, 11) is 0. The van der Waals surface area contributed by atoms with Gasteiger partial charge in [-0.05, 0) is 36.2 Å². The van der Waals surface area contributed by atoms with Crippen LogP contribution in [-0.2, 0) is 34.0 Å². The quantitative estimate of drug-likeness (QED) is 0.650. The minimum absolute atomic E-state index is 0.00669. The Morgan fingerprint density at radius 3 is 2.82 bits per heavy atom. The Morgan fingerprint density at radius 1 is 1.21 bits per heavy atom. The highest BCUT2D eigenvalue weighted by Crippen LogP contribution is 2.34. The molecule has 1 atom stereocenters. The molecule has 0 saturated carbocycles. The van der Waals surface area contributed by atoms with Crippen LogP contribution < -0.4 is 10.1 Å². The summed E-state index contributed by atoms with van der Waals surface area (Å²) in [6.07, 6.45) is -0.539. The fourth-order valence-corrected chi connectivity index (χ4v) is 4.25. The molecule has 34 heavy (non-hydrogen) atoms. The zero-order chi connectivity index (χ0) is 26.4. The number of morpholine rings is 1. The van der Waals surface area contributed by atoms with E-state index in [1.165, 1.54) is 24.3 Å². The van der Waals surface area contributed by atoms with Crippen molar-refractivity contribution < 1.29 is 32.4 Å². The van der Waals surface area contributed by atoms with Gasteiger partial charge in [-0.25, -0.2) is 4.39 Å². The lowest BCUT2D eigenvalue weighted by atomic mass is 10.0. The largest absolute Gasteiger partial charge is 0.488 e. The van der Waals surface area contributed by atoms with Crippen LogP contribution in [0.2, 0.25) is 0 Å². The molecule has 0 spiro atoms. The molecular formula is C25H26FN3O5. The van der Waals surface area contributed by atoms with Crippen LogP contribution in [0.5, 0.6) is 5.75 Å². The number of fused-ring (bicyclic) bond motifs is 1. The van der Waals surface area contributed by atoms with Gasteiger partial charge in [0.25, 0.3) is 5.91 Å². The molecule has 3 aliphatic heterocycles. The minimum Gasteiger partial charge on any atom is -0.488 e. The van der Waals surface area contributed by atoms with Crippen LogP contribution >= 0.6 is 0 Å². The first-order chi connectivity index (χ1) is 17.6. The van der Waals surface area contributed by atoms with Crippen molar-refractivity contribution in [2.45, 2.75) is 38.5 Å². The molecule has 9 heteroatoms. The maximum absolute atomic E-state index is 14.6. The molecule has 5 rings (SSSR count). The van der Waals surface area contributed by atoms with E-state index in [1.807, 2.05) is 5.32 Å². The van der Waals surface area contributed by atoms with Crippen molar-refractivity contribution in [1.29, 1.82) is 0 Å². The number of hydrogen-bond donors (Lipinski definition) is 1. The molecule has 2 aromatic rings. The number of piperidine rings is 1. The van der Waals surface area contributed by atoms with Gasteiger partial charge in [0.05, 0.1) is 23.8 Å². The lowest BCUT2D eigenvalue weighted by molar-refractivity contribution is -0.136. The van der Waals surface area contributed by atoms with Crippen molar-refractivity contribution in [3.8, 4) is 5.75 Å². The summed E-state index contributed by atoms with van der Waals surface area (Å²) < 4.78 is 51.9. The normalized spacial score (nSPS) is 25.9. The molecule has 3 heterocycles. The smallest absolute Gasteiger partial charge is 0.255 e. The van der Waals surface area contributed by atoms with Gasteiger partial charge in [-0.1, -0.05) is 12.1 Å². The zero-order valence-corrected chi connectivity index (χ0v) is 18.4. The number of nitrogens with zero attached hydrogens (tertiary/aromatic N) is 2. The number of carbonyl (C=O) groups is 3. The first kappa shape index (κ1) is 19.1. The lowest BCUT2D eigenvalue weighted by Crippen LogP contribution is -2.52. The van der Waals surface area contributed by atoms with Crippen LogP contribution in [-0.4, -0.2) is 59.8 Å². The van der Waals surface area contributed by atoms with E-state index in [1.54, 1.807) is 12.1 Å². The van der Waals surface area contributed by atoms with Gasteiger partial charge in [0, 0.05) is 42.7 Å². The second kappa shape index (κ2) is 9.52. The van der Waals surface area contributed by atoms with Gasteiger partial charge in [0.2, 0.25) is 11.8 Å². The summed E-state index contributed by atoms with van der Waals surface area (Å²) in [5, 5.41) is 2.02. The van der Waals surface area contributed by atoms with Crippen LogP contribution in [0, 0.1) is 5.82 Å². The predicted molar refractivity (Wildman–Crippen MR) is 119 cm³/mol. The first-order valence-corrected chi connectivity index (χ1v) is 11.1. The number of rotatable bonds is 6. The molecule has 0 aromatic heterocycles. The zero-order valence-electron chi connectivity index (χ0n) is 21.4. The summed E-state index contributed by atoms with van der Waals surface area (Å²) in [6.45, 7) is 0.672. The number of carbonyl (C=O) groups excluding carboxylic acids is 3. The Balaban J connectivity index is 1.39. The topological polar surface area (TPSA) is 88.2 Å². The van der Waals surface area contributed by atoms with Crippen LogP contribution in [0.25, 0.3) is 0 Å². The predicted octanol–water partition coefficient (Wildman–Crippen LogP) is 2.00. The number of ether oxygens (including phenoxy) is 2. The Labute approximate surface area is 200 Å². The molecular weight excluding hydrogens is 441 g/mol. The number of benzene rings is 2. The van der Waals surface area contributed by atoms with E-state index in [2.05, 4.69) is 4.90 Å². The third kappa shape index (κ3) is 4.53. The van der Waals surface area contributed by atoms with Crippen LogP contribution in [0.15, 0.2) is 36.4 Å². The van der Waals surface area contributed by atoms with Crippen molar-refractivity contribution in [3.05, 3.63) is 64.5 Å². The average molecular weight is 471 g/mol. The maximum atomic E-state index is 14.6. The van der Waals surface area contributed by atoms with E-state index < -0.39 is 36.1 Å². The van der Waals surface area contributed by atoms with Crippen molar-refractivity contribution in [2.75, 3.05) is 26.3 Å². The second-order valence-electron chi connectivity index (χ2n) is 8.36. The number of hydrogen-bond acceptors (Lipinski definition) is 6. The van der Waals surface area contributed by atoms with Crippen molar-refractivity contribution in [1.82, 2.24) is 15.1 Å². The van der Waals surface area contributed by atoms with Crippen LogP contribution in [0.1, 0.15) is 44.0 Å².